The van der Waals surface area contributed by atoms with E-state index in [1.165, 1.54) is 5.56 Å². The number of benzene rings is 1. The number of hydrogen-bond donors (Lipinski definition) is 0. The highest BCUT2D eigenvalue weighted by Gasteiger charge is 2.20. The van der Waals surface area contributed by atoms with Crippen molar-refractivity contribution in [3.05, 3.63) is 53.7 Å². The Morgan fingerprint density at radius 1 is 1.29 bits per heavy atom. The van der Waals surface area contributed by atoms with Crippen LogP contribution >= 0.6 is 11.6 Å². The molecule has 0 fully saturated rings. The van der Waals surface area contributed by atoms with Crippen LogP contribution in [0.3, 0.4) is 0 Å². The molecule has 0 radical (unpaired) electrons. The Kier molecular flexibility index (Phi) is 3.77. The Labute approximate surface area is 129 Å². The molecule has 0 saturated carbocycles. The molecule has 2 heterocycles. The number of fused-ring (bicyclic) bond motifs is 1. The van der Waals surface area contributed by atoms with E-state index in [4.69, 9.17) is 21.0 Å². The van der Waals surface area contributed by atoms with Gasteiger partial charge >= 0.3 is 0 Å². The van der Waals surface area contributed by atoms with E-state index >= 15 is 0 Å². The lowest BCUT2D eigenvalue weighted by atomic mass is 10.1. The predicted molar refractivity (Wildman–Crippen MR) is 85.9 cm³/mol. The van der Waals surface area contributed by atoms with Crippen LogP contribution in [-0.4, -0.2) is 9.55 Å². The summed E-state index contributed by atoms with van der Waals surface area (Å²) in [5.41, 5.74) is 3.36. The van der Waals surface area contributed by atoms with Gasteiger partial charge in [0.25, 0.3) is 0 Å². The molecule has 0 bridgehead atoms. The number of hydrogen-bond acceptors (Lipinski definition) is 2. The summed E-state index contributed by atoms with van der Waals surface area (Å²) in [5.74, 6) is 1.89. The number of aryl methyl sites for hydroxylation is 1. The Morgan fingerprint density at radius 3 is 2.76 bits per heavy atom. The average molecular weight is 303 g/mol. The molecule has 0 spiro atoms. The molecule has 0 N–H and O–H groups in total. The van der Waals surface area contributed by atoms with Crippen LogP contribution < -0.4 is 0 Å². The number of aromatic nitrogens is 2. The van der Waals surface area contributed by atoms with E-state index in [-0.39, 0.29) is 11.4 Å². The van der Waals surface area contributed by atoms with E-state index in [0.29, 0.717) is 0 Å². The van der Waals surface area contributed by atoms with Crippen molar-refractivity contribution in [1.82, 2.24) is 9.55 Å². The first-order valence-corrected chi connectivity index (χ1v) is 7.65. The molecular weight excluding hydrogens is 284 g/mol. The van der Waals surface area contributed by atoms with Crippen LogP contribution in [0.4, 0.5) is 0 Å². The Hall–Kier alpha value is -1.74. The zero-order chi connectivity index (χ0) is 15.0. The lowest BCUT2D eigenvalue weighted by Gasteiger charge is -2.18. The SMILES string of the molecule is Cc1ccc2nc(C(C)Cl)n(C(C)Cc3ccco3)c2c1. The molecule has 0 aliphatic rings. The first-order chi connectivity index (χ1) is 10.1. The van der Waals surface area contributed by atoms with Crippen molar-refractivity contribution in [3.8, 4) is 0 Å². The van der Waals surface area contributed by atoms with Crippen LogP contribution in [0.15, 0.2) is 41.0 Å². The highest BCUT2D eigenvalue weighted by Crippen LogP contribution is 2.30. The Bertz CT molecular complexity index is 744. The van der Waals surface area contributed by atoms with Crippen LogP contribution in [0.25, 0.3) is 11.0 Å². The van der Waals surface area contributed by atoms with Crippen molar-refractivity contribution in [1.29, 1.82) is 0 Å². The first kappa shape index (κ1) is 14.2. The molecule has 3 nitrogen and oxygen atoms in total. The standard InChI is InChI=1S/C17H19ClN2O/c1-11-6-7-15-16(9-11)20(17(19-15)13(3)18)12(2)10-14-5-4-8-21-14/h4-9,12-13H,10H2,1-3H3. The van der Waals surface area contributed by atoms with Gasteiger partial charge in [0.05, 0.1) is 22.7 Å². The maximum Gasteiger partial charge on any atom is 0.127 e. The van der Waals surface area contributed by atoms with Gasteiger partial charge in [0.1, 0.15) is 11.6 Å². The molecule has 0 saturated heterocycles. The molecule has 0 aliphatic carbocycles. The van der Waals surface area contributed by atoms with Crippen molar-refractivity contribution in [2.45, 2.75) is 38.6 Å². The molecule has 0 amide bonds. The summed E-state index contributed by atoms with van der Waals surface area (Å²) in [4.78, 5) is 4.70. The topological polar surface area (TPSA) is 31.0 Å². The highest BCUT2D eigenvalue weighted by atomic mass is 35.5. The van der Waals surface area contributed by atoms with Crippen LogP contribution in [0.5, 0.6) is 0 Å². The quantitative estimate of drug-likeness (QED) is 0.632. The second kappa shape index (κ2) is 5.57. The fourth-order valence-electron chi connectivity index (χ4n) is 2.78. The zero-order valence-corrected chi connectivity index (χ0v) is 13.3. The summed E-state index contributed by atoms with van der Waals surface area (Å²) in [6.07, 6.45) is 2.53. The molecule has 2 atom stereocenters. The van der Waals surface area contributed by atoms with Crippen LogP contribution in [0.1, 0.15) is 42.4 Å². The fourth-order valence-corrected chi connectivity index (χ4v) is 2.93. The Balaban J connectivity index is 2.09. The molecule has 4 heteroatoms. The third-order valence-corrected chi connectivity index (χ3v) is 3.94. The van der Waals surface area contributed by atoms with Gasteiger partial charge in [-0.3, -0.25) is 0 Å². The number of imidazole rings is 1. The Morgan fingerprint density at radius 2 is 2.10 bits per heavy atom. The van der Waals surface area contributed by atoms with Crippen molar-refractivity contribution in [2.24, 2.45) is 0 Å². The molecule has 3 aromatic rings. The van der Waals surface area contributed by atoms with E-state index in [9.17, 15) is 0 Å². The van der Waals surface area contributed by atoms with E-state index in [1.54, 1.807) is 6.26 Å². The van der Waals surface area contributed by atoms with Gasteiger partial charge in [-0.1, -0.05) is 6.07 Å². The maximum atomic E-state index is 6.34. The molecule has 1 aromatic carbocycles. The summed E-state index contributed by atoms with van der Waals surface area (Å²) >= 11 is 6.34. The highest BCUT2D eigenvalue weighted by molar-refractivity contribution is 6.20. The largest absolute Gasteiger partial charge is 0.469 e. The van der Waals surface area contributed by atoms with Gasteiger partial charge in [-0.15, -0.1) is 11.6 Å². The first-order valence-electron chi connectivity index (χ1n) is 7.21. The van der Waals surface area contributed by atoms with Crippen molar-refractivity contribution in [3.63, 3.8) is 0 Å². The predicted octanol–water partition coefficient (Wildman–Crippen LogP) is 5.04. The van der Waals surface area contributed by atoms with Gasteiger partial charge in [0.2, 0.25) is 0 Å². The summed E-state index contributed by atoms with van der Waals surface area (Å²) in [6, 6.07) is 10.5. The zero-order valence-electron chi connectivity index (χ0n) is 12.5. The van der Waals surface area contributed by atoms with Crippen LogP contribution in [0, 0.1) is 6.92 Å². The van der Waals surface area contributed by atoms with Gasteiger partial charge in [0, 0.05) is 12.5 Å². The number of alkyl halides is 1. The average Bonchev–Trinajstić information content (AvgIpc) is 3.04. The fraction of sp³-hybridized carbons (Fsp3) is 0.353. The maximum absolute atomic E-state index is 6.34. The van der Waals surface area contributed by atoms with E-state index in [2.05, 4.69) is 36.6 Å². The molecule has 110 valence electrons. The summed E-state index contributed by atoms with van der Waals surface area (Å²) in [6.45, 7) is 6.23. The lowest BCUT2D eigenvalue weighted by molar-refractivity contribution is 0.447. The van der Waals surface area contributed by atoms with Crippen molar-refractivity contribution in [2.75, 3.05) is 0 Å². The minimum Gasteiger partial charge on any atom is -0.469 e. The molecule has 2 unspecified atom stereocenters. The van der Waals surface area contributed by atoms with Gasteiger partial charge in [0.15, 0.2) is 0 Å². The van der Waals surface area contributed by atoms with Gasteiger partial charge < -0.3 is 8.98 Å². The molecule has 21 heavy (non-hydrogen) atoms. The monoisotopic (exact) mass is 302 g/mol. The van der Waals surface area contributed by atoms with Crippen LogP contribution in [0.2, 0.25) is 0 Å². The number of nitrogens with zero attached hydrogens (tertiary/aromatic N) is 2. The minimum absolute atomic E-state index is 0.128. The smallest absolute Gasteiger partial charge is 0.127 e. The normalized spacial score (nSPS) is 14.5. The lowest BCUT2D eigenvalue weighted by Crippen LogP contribution is -2.12. The van der Waals surface area contributed by atoms with E-state index in [1.807, 2.05) is 19.1 Å². The van der Waals surface area contributed by atoms with Gasteiger partial charge in [-0.2, -0.15) is 0 Å². The molecule has 3 rings (SSSR count). The van der Waals surface area contributed by atoms with E-state index < -0.39 is 0 Å². The van der Waals surface area contributed by atoms with Crippen molar-refractivity contribution < 1.29 is 4.42 Å². The third-order valence-electron chi connectivity index (χ3n) is 3.75. The third kappa shape index (κ3) is 2.70. The molecule has 0 aliphatic heterocycles. The number of halogens is 1. The summed E-state index contributed by atoms with van der Waals surface area (Å²) < 4.78 is 7.71. The van der Waals surface area contributed by atoms with Gasteiger partial charge in [-0.25, -0.2) is 4.98 Å². The minimum atomic E-state index is -0.128. The summed E-state index contributed by atoms with van der Waals surface area (Å²) in [7, 11) is 0. The summed E-state index contributed by atoms with van der Waals surface area (Å²) in [5, 5.41) is -0.128. The number of rotatable bonds is 4. The van der Waals surface area contributed by atoms with Crippen molar-refractivity contribution >= 4 is 22.6 Å². The second-order valence-corrected chi connectivity index (χ2v) is 6.24. The van der Waals surface area contributed by atoms with Crippen LogP contribution in [-0.2, 0) is 6.42 Å². The number of furan rings is 1. The molecular formula is C17H19ClN2O. The second-order valence-electron chi connectivity index (χ2n) is 5.58. The van der Waals surface area contributed by atoms with Gasteiger partial charge in [-0.05, 0) is 50.6 Å². The van der Waals surface area contributed by atoms with E-state index in [0.717, 1.165) is 29.0 Å². The molecule has 2 aromatic heterocycles.